The van der Waals surface area contributed by atoms with Crippen molar-refractivity contribution in [3.05, 3.63) is 36.2 Å². The monoisotopic (exact) mass is 262 g/mol. The third-order valence-electron chi connectivity index (χ3n) is 2.64. The van der Waals surface area contributed by atoms with Crippen LogP contribution in [0, 0.1) is 0 Å². The van der Waals surface area contributed by atoms with Crippen LogP contribution in [0.5, 0.6) is 17.5 Å². The molecule has 1 N–H and O–H groups in total. The summed E-state index contributed by atoms with van der Waals surface area (Å²) >= 11 is 0. The molecule has 0 aliphatic carbocycles. The molecule has 0 amide bonds. The molecule has 0 saturated carbocycles. The van der Waals surface area contributed by atoms with Gasteiger partial charge in [0.1, 0.15) is 17.1 Å². The Kier molecular flexibility index (Phi) is 3.70. The molecule has 0 aliphatic heterocycles. The number of carboxylic acid groups (broad SMARTS) is 1. The normalized spacial score (nSPS) is 10.2. The standard InChI is InChI=1S/C13H14N2O4/c1-3-15-7-6-14-13(15)19-11-5-4-9(18-2)8-10(11)12(16)17/h4-8H,3H2,1-2H3,(H,16,17). The highest BCUT2D eigenvalue weighted by molar-refractivity contribution is 5.91. The number of aryl methyl sites for hydroxylation is 1. The van der Waals surface area contributed by atoms with Crippen LogP contribution in [-0.2, 0) is 6.54 Å². The average molecular weight is 262 g/mol. The fraction of sp³-hybridized carbons (Fsp3) is 0.231. The maximum Gasteiger partial charge on any atom is 0.339 e. The Hall–Kier alpha value is -2.50. The van der Waals surface area contributed by atoms with Gasteiger partial charge in [0.15, 0.2) is 0 Å². The number of aromatic nitrogens is 2. The number of hydrogen-bond acceptors (Lipinski definition) is 4. The molecule has 100 valence electrons. The lowest BCUT2D eigenvalue weighted by Gasteiger charge is -2.10. The van der Waals surface area contributed by atoms with Gasteiger partial charge in [-0.3, -0.25) is 0 Å². The fourth-order valence-corrected chi connectivity index (χ4v) is 1.63. The molecule has 6 nitrogen and oxygen atoms in total. The number of hydrogen-bond donors (Lipinski definition) is 1. The van der Waals surface area contributed by atoms with Crippen molar-refractivity contribution in [1.82, 2.24) is 9.55 Å². The minimum atomic E-state index is -1.08. The zero-order valence-electron chi connectivity index (χ0n) is 10.7. The minimum absolute atomic E-state index is 0.0324. The van der Waals surface area contributed by atoms with Gasteiger partial charge in [0.05, 0.1) is 7.11 Å². The second-order valence-electron chi connectivity index (χ2n) is 3.77. The second kappa shape index (κ2) is 5.43. The van der Waals surface area contributed by atoms with E-state index in [4.69, 9.17) is 9.47 Å². The SMILES string of the molecule is CCn1ccnc1Oc1ccc(OC)cc1C(=O)O. The summed E-state index contributed by atoms with van der Waals surface area (Å²) in [7, 11) is 1.48. The number of carboxylic acids is 1. The first-order valence-corrected chi connectivity index (χ1v) is 5.76. The summed E-state index contributed by atoms with van der Waals surface area (Å²) in [6.45, 7) is 2.63. The van der Waals surface area contributed by atoms with Gasteiger partial charge in [0.2, 0.25) is 0 Å². The Morgan fingerprint density at radius 1 is 1.47 bits per heavy atom. The predicted octanol–water partition coefficient (Wildman–Crippen LogP) is 2.40. The van der Waals surface area contributed by atoms with E-state index in [1.54, 1.807) is 29.1 Å². The van der Waals surface area contributed by atoms with Gasteiger partial charge in [0.25, 0.3) is 0 Å². The van der Waals surface area contributed by atoms with Crippen molar-refractivity contribution >= 4 is 5.97 Å². The summed E-state index contributed by atoms with van der Waals surface area (Å²) in [6, 6.07) is 4.96. The first kappa shape index (κ1) is 12.9. The molecule has 1 aromatic carbocycles. The number of aromatic carboxylic acids is 1. The third-order valence-corrected chi connectivity index (χ3v) is 2.64. The average Bonchev–Trinajstić information content (AvgIpc) is 2.86. The number of benzene rings is 1. The van der Waals surface area contributed by atoms with Crippen molar-refractivity contribution in [1.29, 1.82) is 0 Å². The number of ether oxygens (including phenoxy) is 2. The quantitative estimate of drug-likeness (QED) is 0.895. The molecule has 0 unspecified atom stereocenters. The minimum Gasteiger partial charge on any atom is -0.497 e. The van der Waals surface area contributed by atoms with Crippen LogP contribution in [0.1, 0.15) is 17.3 Å². The van der Waals surface area contributed by atoms with Crippen LogP contribution < -0.4 is 9.47 Å². The number of nitrogens with zero attached hydrogens (tertiary/aromatic N) is 2. The van der Waals surface area contributed by atoms with Crippen LogP contribution in [0.4, 0.5) is 0 Å². The topological polar surface area (TPSA) is 73.6 Å². The highest BCUT2D eigenvalue weighted by Gasteiger charge is 2.15. The Labute approximate surface area is 110 Å². The molecule has 0 atom stereocenters. The van der Waals surface area contributed by atoms with Crippen molar-refractivity contribution in [3.8, 4) is 17.5 Å². The molecule has 0 bridgehead atoms. The molecule has 0 aliphatic rings. The van der Waals surface area contributed by atoms with Crippen molar-refractivity contribution in [2.24, 2.45) is 0 Å². The summed E-state index contributed by atoms with van der Waals surface area (Å²) in [5, 5.41) is 9.18. The second-order valence-corrected chi connectivity index (χ2v) is 3.77. The predicted molar refractivity (Wildman–Crippen MR) is 67.9 cm³/mol. The molecule has 19 heavy (non-hydrogen) atoms. The Bertz CT molecular complexity index is 592. The molecule has 2 aromatic rings. The van der Waals surface area contributed by atoms with Crippen LogP contribution >= 0.6 is 0 Å². The van der Waals surface area contributed by atoms with Gasteiger partial charge in [-0.25, -0.2) is 9.78 Å². The van der Waals surface area contributed by atoms with Crippen molar-refractivity contribution in [2.75, 3.05) is 7.11 Å². The third kappa shape index (κ3) is 2.67. The lowest BCUT2D eigenvalue weighted by molar-refractivity contribution is 0.0693. The van der Waals surface area contributed by atoms with Gasteiger partial charge >= 0.3 is 12.0 Å². The molecule has 0 saturated heterocycles. The Balaban J connectivity index is 2.37. The van der Waals surface area contributed by atoms with Gasteiger partial charge in [0, 0.05) is 18.9 Å². The smallest absolute Gasteiger partial charge is 0.339 e. The largest absolute Gasteiger partial charge is 0.497 e. The van der Waals surface area contributed by atoms with E-state index in [-0.39, 0.29) is 11.3 Å². The van der Waals surface area contributed by atoms with Crippen LogP contribution in [0.3, 0.4) is 0 Å². The van der Waals surface area contributed by atoms with Gasteiger partial charge in [-0.1, -0.05) is 0 Å². The lowest BCUT2D eigenvalue weighted by Crippen LogP contribution is -2.03. The van der Waals surface area contributed by atoms with E-state index in [1.165, 1.54) is 13.2 Å². The van der Waals surface area contributed by atoms with E-state index in [2.05, 4.69) is 4.98 Å². The van der Waals surface area contributed by atoms with E-state index in [0.29, 0.717) is 18.3 Å². The molecular weight excluding hydrogens is 248 g/mol. The van der Waals surface area contributed by atoms with E-state index in [1.807, 2.05) is 6.92 Å². The van der Waals surface area contributed by atoms with Gasteiger partial charge < -0.3 is 19.1 Å². The fourth-order valence-electron chi connectivity index (χ4n) is 1.63. The molecular formula is C13H14N2O4. The molecule has 0 fully saturated rings. The highest BCUT2D eigenvalue weighted by Crippen LogP contribution is 2.28. The highest BCUT2D eigenvalue weighted by atomic mass is 16.5. The Morgan fingerprint density at radius 2 is 2.26 bits per heavy atom. The van der Waals surface area contributed by atoms with Crippen LogP contribution in [0.15, 0.2) is 30.6 Å². The molecule has 6 heteroatoms. The summed E-state index contributed by atoms with van der Waals surface area (Å²) < 4.78 is 12.3. The maximum atomic E-state index is 11.2. The van der Waals surface area contributed by atoms with Crippen LogP contribution in [0.2, 0.25) is 0 Å². The molecule has 2 rings (SSSR count). The van der Waals surface area contributed by atoms with E-state index in [0.717, 1.165) is 0 Å². The summed E-state index contributed by atoms with van der Waals surface area (Å²) in [5.41, 5.74) is 0.0324. The number of carbonyl (C=O) groups is 1. The molecule has 1 aromatic heterocycles. The van der Waals surface area contributed by atoms with Crippen LogP contribution in [0.25, 0.3) is 0 Å². The van der Waals surface area contributed by atoms with Crippen molar-refractivity contribution in [3.63, 3.8) is 0 Å². The molecule has 0 radical (unpaired) electrons. The zero-order chi connectivity index (χ0) is 13.8. The van der Waals surface area contributed by atoms with Gasteiger partial charge in [-0.2, -0.15) is 0 Å². The van der Waals surface area contributed by atoms with E-state index >= 15 is 0 Å². The van der Waals surface area contributed by atoms with Crippen LogP contribution in [-0.4, -0.2) is 27.7 Å². The summed E-state index contributed by atoms with van der Waals surface area (Å²) in [4.78, 5) is 15.3. The van der Waals surface area contributed by atoms with Gasteiger partial charge in [-0.15, -0.1) is 0 Å². The van der Waals surface area contributed by atoms with E-state index in [9.17, 15) is 9.90 Å². The summed E-state index contributed by atoms with van der Waals surface area (Å²) in [6.07, 6.45) is 3.36. The first-order chi connectivity index (χ1) is 9.15. The summed E-state index contributed by atoms with van der Waals surface area (Å²) in [5.74, 6) is -0.388. The van der Waals surface area contributed by atoms with E-state index < -0.39 is 5.97 Å². The lowest BCUT2D eigenvalue weighted by atomic mass is 10.2. The number of methoxy groups -OCH3 is 1. The Morgan fingerprint density at radius 3 is 2.89 bits per heavy atom. The first-order valence-electron chi connectivity index (χ1n) is 5.76. The number of imidazole rings is 1. The molecule has 1 heterocycles. The molecule has 0 spiro atoms. The van der Waals surface area contributed by atoms with Crippen molar-refractivity contribution < 1.29 is 19.4 Å². The zero-order valence-corrected chi connectivity index (χ0v) is 10.7. The van der Waals surface area contributed by atoms with Crippen molar-refractivity contribution in [2.45, 2.75) is 13.5 Å². The maximum absolute atomic E-state index is 11.2. The number of rotatable bonds is 5. The van der Waals surface area contributed by atoms with Gasteiger partial charge in [-0.05, 0) is 25.1 Å².